The van der Waals surface area contributed by atoms with Gasteiger partial charge in [-0.15, -0.1) is 0 Å². The number of rotatable bonds is 6. The highest BCUT2D eigenvalue weighted by molar-refractivity contribution is 5.93. The molecule has 3 rings (SSSR count). The predicted octanol–water partition coefficient (Wildman–Crippen LogP) is 2.85. The van der Waals surface area contributed by atoms with Crippen molar-refractivity contribution in [2.24, 2.45) is 0 Å². The fourth-order valence-corrected chi connectivity index (χ4v) is 2.99. The van der Waals surface area contributed by atoms with Gasteiger partial charge in [0.1, 0.15) is 17.3 Å². The van der Waals surface area contributed by atoms with Gasteiger partial charge in [0.25, 0.3) is 5.91 Å². The Labute approximate surface area is 148 Å². The van der Waals surface area contributed by atoms with Crippen LogP contribution in [0.2, 0.25) is 0 Å². The third-order valence-electron chi connectivity index (χ3n) is 4.23. The smallest absolute Gasteiger partial charge is 0.270 e. The van der Waals surface area contributed by atoms with Crippen molar-refractivity contribution < 1.29 is 9.53 Å². The molecule has 1 unspecified atom stereocenters. The number of benzene rings is 1. The number of aromatic nitrogens is 2. The summed E-state index contributed by atoms with van der Waals surface area (Å²) in [4.78, 5) is 23.3. The van der Waals surface area contributed by atoms with E-state index in [9.17, 15) is 4.79 Å². The number of nitrogens with zero attached hydrogens (tertiary/aromatic N) is 3. The summed E-state index contributed by atoms with van der Waals surface area (Å²) in [6.07, 6.45) is 2.16. The van der Waals surface area contributed by atoms with E-state index in [1.807, 2.05) is 30.3 Å². The molecule has 1 atom stereocenters. The van der Waals surface area contributed by atoms with Gasteiger partial charge in [-0.25, -0.2) is 9.97 Å². The summed E-state index contributed by atoms with van der Waals surface area (Å²) in [7, 11) is 0. The second-order valence-corrected chi connectivity index (χ2v) is 6.08. The summed E-state index contributed by atoms with van der Waals surface area (Å²) in [5.74, 6) is 1.11. The van der Waals surface area contributed by atoms with Gasteiger partial charge in [0.2, 0.25) is 0 Å². The van der Waals surface area contributed by atoms with E-state index in [4.69, 9.17) is 4.74 Å². The molecule has 1 amide bonds. The van der Waals surface area contributed by atoms with Crippen molar-refractivity contribution in [1.82, 2.24) is 15.3 Å². The van der Waals surface area contributed by atoms with E-state index in [1.165, 1.54) is 0 Å². The van der Waals surface area contributed by atoms with Crippen LogP contribution in [0.15, 0.2) is 36.4 Å². The lowest BCUT2D eigenvalue weighted by molar-refractivity contribution is 0.0853. The fraction of sp³-hybridized carbons (Fsp3) is 0.421. The molecule has 2 heterocycles. The van der Waals surface area contributed by atoms with Crippen LogP contribution in [-0.2, 0) is 4.74 Å². The lowest BCUT2D eigenvalue weighted by Gasteiger charge is -2.22. The van der Waals surface area contributed by atoms with E-state index >= 15 is 0 Å². The molecule has 25 heavy (non-hydrogen) atoms. The third-order valence-corrected chi connectivity index (χ3v) is 4.23. The fourth-order valence-electron chi connectivity index (χ4n) is 2.99. The standard InChI is InChI=1S/C19H24N4O2/c1-3-23(15-8-5-4-6-9-15)18-12-17(21-14(2)22-18)19(24)20-13-16-10-7-11-25-16/h4-6,8-9,12,16H,3,7,10-11,13H2,1-2H3,(H,20,24). The van der Waals surface area contributed by atoms with Crippen LogP contribution in [0.25, 0.3) is 0 Å². The first-order valence-corrected chi connectivity index (χ1v) is 8.75. The Morgan fingerprint density at radius 1 is 1.32 bits per heavy atom. The number of anilines is 2. The molecule has 0 bridgehead atoms. The molecule has 1 aromatic carbocycles. The summed E-state index contributed by atoms with van der Waals surface area (Å²) in [5.41, 5.74) is 1.42. The highest BCUT2D eigenvalue weighted by Crippen LogP contribution is 2.23. The molecule has 1 aliphatic heterocycles. The molecule has 132 valence electrons. The summed E-state index contributed by atoms with van der Waals surface area (Å²) in [6, 6.07) is 11.7. The summed E-state index contributed by atoms with van der Waals surface area (Å²) >= 11 is 0. The van der Waals surface area contributed by atoms with Gasteiger partial charge in [-0.1, -0.05) is 18.2 Å². The zero-order valence-corrected chi connectivity index (χ0v) is 14.7. The molecule has 0 saturated carbocycles. The molecule has 1 aromatic heterocycles. The topological polar surface area (TPSA) is 67.4 Å². The molecule has 0 spiro atoms. The zero-order valence-electron chi connectivity index (χ0n) is 14.7. The monoisotopic (exact) mass is 340 g/mol. The number of hydrogen-bond donors (Lipinski definition) is 1. The SMILES string of the molecule is CCN(c1ccccc1)c1cc(C(=O)NCC2CCCO2)nc(C)n1. The van der Waals surface area contributed by atoms with E-state index in [0.29, 0.717) is 18.1 Å². The number of ether oxygens (including phenoxy) is 1. The minimum absolute atomic E-state index is 0.114. The van der Waals surface area contributed by atoms with E-state index in [-0.39, 0.29) is 12.0 Å². The van der Waals surface area contributed by atoms with Crippen LogP contribution < -0.4 is 10.2 Å². The minimum Gasteiger partial charge on any atom is -0.376 e. The van der Waals surface area contributed by atoms with Gasteiger partial charge < -0.3 is 15.0 Å². The first-order valence-electron chi connectivity index (χ1n) is 8.75. The van der Waals surface area contributed by atoms with E-state index in [0.717, 1.165) is 37.5 Å². The van der Waals surface area contributed by atoms with Crippen LogP contribution in [0, 0.1) is 6.92 Å². The van der Waals surface area contributed by atoms with Gasteiger partial charge in [-0.3, -0.25) is 4.79 Å². The number of nitrogens with one attached hydrogen (secondary N) is 1. The Morgan fingerprint density at radius 3 is 2.80 bits per heavy atom. The first-order chi connectivity index (χ1) is 12.2. The maximum atomic E-state index is 12.5. The van der Waals surface area contributed by atoms with Gasteiger partial charge in [0.15, 0.2) is 0 Å². The van der Waals surface area contributed by atoms with Crippen molar-refractivity contribution in [2.45, 2.75) is 32.8 Å². The van der Waals surface area contributed by atoms with Gasteiger partial charge in [-0.2, -0.15) is 0 Å². The van der Waals surface area contributed by atoms with Crippen LogP contribution in [-0.4, -0.2) is 41.7 Å². The van der Waals surface area contributed by atoms with Gasteiger partial charge in [-0.05, 0) is 38.8 Å². The maximum absolute atomic E-state index is 12.5. The summed E-state index contributed by atoms with van der Waals surface area (Å²) in [5, 5.41) is 2.92. The molecule has 1 saturated heterocycles. The number of para-hydroxylation sites is 1. The van der Waals surface area contributed by atoms with Crippen LogP contribution >= 0.6 is 0 Å². The van der Waals surface area contributed by atoms with E-state index in [1.54, 1.807) is 13.0 Å². The van der Waals surface area contributed by atoms with Gasteiger partial charge in [0.05, 0.1) is 6.10 Å². The number of carbonyl (C=O) groups is 1. The van der Waals surface area contributed by atoms with E-state index in [2.05, 4.69) is 27.1 Å². The third kappa shape index (κ3) is 4.33. The number of amides is 1. The van der Waals surface area contributed by atoms with Crippen molar-refractivity contribution >= 4 is 17.4 Å². The number of aryl methyl sites for hydroxylation is 1. The predicted molar refractivity (Wildman–Crippen MR) is 97.2 cm³/mol. The van der Waals surface area contributed by atoms with Crippen molar-refractivity contribution in [1.29, 1.82) is 0 Å². The molecule has 0 radical (unpaired) electrons. The molecule has 0 aliphatic carbocycles. The summed E-state index contributed by atoms with van der Waals surface area (Å²) < 4.78 is 5.54. The Balaban J connectivity index is 1.78. The normalized spacial score (nSPS) is 16.6. The first kappa shape index (κ1) is 17.4. The average molecular weight is 340 g/mol. The molecule has 6 heteroatoms. The van der Waals surface area contributed by atoms with Crippen molar-refractivity contribution in [2.75, 3.05) is 24.6 Å². The second kappa shape index (κ2) is 8.07. The zero-order chi connectivity index (χ0) is 17.6. The maximum Gasteiger partial charge on any atom is 0.270 e. The molecular weight excluding hydrogens is 316 g/mol. The molecule has 1 aliphatic rings. The minimum atomic E-state index is -0.189. The van der Waals surface area contributed by atoms with Gasteiger partial charge in [0, 0.05) is 31.5 Å². The highest BCUT2D eigenvalue weighted by Gasteiger charge is 2.19. The molecule has 1 N–H and O–H groups in total. The molecule has 6 nitrogen and oxygen atoms in total. The van der Waals surface area contributed by atoms with Crippen molar-refractivity contribution in [3.05, 3.63) is 47.9 Å². The Hall–Kier alpha value is -2.47. The lowest BCUT2D eigenvalue weighted by atomic mass is 10.2. The van der Waals surface area contributed by atoms with Crippen LogP contribution in [0.5, 0.6) is 0 Å². The van der Waals surface area contributed by atoms with Crippen LogP contribution in [0.1, 0.15) is 36.1 Å². The van der Waals surface area contributed by atoms with E-state index < -0.39 is 0 Å². The highest BCUT2D eigenvalue weighted by atomic mass is 16.5. The Morgan fingerprint density at radius 2 is 2.12 bits per heavy atom. The Bertz CT molecular complexity index is 715. The molecule has 2 aromatic rings. The van der Waals surface area contributed by atoms with Crippen molar-refractivity contribution in [3.63, 3.8) is 0 Å². The summed E-state index contributed by atoms with van der Waals surface area (Å²) in [6.45, 7) is 5.91. The van der Waals surface area contributed by atoms with Crippen LogP contribution in [0.4, 0.5) is 11.5 Å². The second-order valence-electron chi connectivity index (χ2n) is 6.08. The lowest BCUT2D eigenvalue weighted by Crippen LogP contribution is -2.32. The van der Waals surface area contributed by atoms with Crippen LogP contribution in [0.3, 0.4) is 0 Å². The molecule has 1 fully saturated rings. The average Bonchev–Trinajstić information content (AvgIpc) is 3.14. The van der Waals surface area contributed by atoms with Crippen molar-refractivity contribution in [3.8, 4) is 0 Å². The van der Waals surface area contributed by atoms with Gasteiger partial charge >= 0.3 is 0 Å². The largest absolute Gasteiger partial charge is 0.376 e. The molecular formula is C19H24N4O2. The Kier molecular flexibility index (Phi) is 5.60. The number of hydrogen-bond acceptors (Lipinski definition) is 5. The number of carbonyl (C=O) groups excluding carboxylic acids is 1. The quantitative estimate of drug-likeness (QED) is 0.876.